The molecule has 0 saturated carbocycles. The Morgan fingerprint density at radius 1 is 1.50 bits per heavy atom. The first-order valence-corrected chi connectivity index (χ1v) is 6.55. The molecule has 7 nitrogen and oxygen atoms in total. The van der Waals surface area contributed by atoms with Crippen molar-refractivity contribution in [2.24, 2.45) is 5.84 Å². The maximum Gasteiger partial charge on any atom is 0.294 e. The summed E-state index contributed by atoms with van der Waals surface area (Å²) in [7, 11) is 0. The van der Waals surface area contributed by atoms with Crippen molar-refractivity contribution in [2.45, 2.75) is 39.2 Å². The zero-order valence-electron chi connectivity index (χ0n) is 11.7. The number of nitro benzene ring substituents is 1. The maximum atomic E-state index is 12.0. The fourth-order valence-corrected chi connectivity index (χ4v) is 1.84. The number of carbonyl (C=O) groups is 1. The lowest BCUT2D eigenvalue weighted by atomic mass is 10.1. The molecule has 4 N–H and O–H groups in total. The lowest BCUT2D eigenvalue weighted by molar-refractivity contribution is -0.384. The standard InChI is InChI=1S/C13H20N4O3/c1-3-4-5-9(2)15-13(18)10-6-7-11(16-14)12(8-10)17(19)20/h6-9,16H,3-5,14H2,1-2H3,(H,15,18). The van der Waals surface area contributed by atoms with Gasteiger partial charge < -0.3 is 10.7 Å². The molecule has 0 saturated heterocycles. The summed E-state index contributed by atoms with van der Waals surface area (Å²) < 4.78 is 0. The van der Waals surface area contributed by atoms with Crippen LogP contribution in [0.3, 0.4) is 0 Å². The molecule has 0 heterocycles. The van der Waals surface area contributed by atoms with E-state index in [9.17, 15) is 14.9 Å². The van der Waals surface area contributed by atoms with Gasteiger partial charge in [-0.3, -0.25) is 20.8 Å². The zero-order chi connectivity index (χ0) is 15.1. The molecule has 0 aromatic heterocycles. The maximum absolute atomic E-state index is 12.0. The third-order valence-corrected chi connectivity index (χ3v) is 2.98. The molecule has 0 aliphatic carbocycles. The van der Waals surface area contributed by atoms with E-state index < -0.39 is 4.92 Å². The van der Waals surface area contributed by atoms with Crippen molar-refractivity contribution in [3.63, 3.8) is 0 Å². The third kappa shape index (κ3) is 4.20. The zero-order valence-corrected chi connectivity index (χ0v) is 11.7. The van der Waals surface area contributed by atoms with Gasteiger partial charge in [0.1, 0.15) is 5.69 Å². The van der Waals surface area contributed by atoms with Gasteiger partial charge in [-0.1, -0.05) is 19.8 Å². The predicted molar refractivity (Wildman–Crippen MR) is 77.4 cm³/mol. The fourth-order valence-electron chi connectivity index (χ4n) is 1.84. The molecule has 7 heteroatoms. The van der Waals surface area contributed by atoms with E-state index in [1.54, 1.807) is 0 Å². The van der Waals surface area contributed by atoms with Gasteiger partial charge in [0.05, 0.1) is 4.92 Å². The number of nitrogen functional groups attached to an aromatic ring is 1. The molecule has 0 radical (unpaired) electrons. The van der Waals surface area contributed by atoms with Gasteiger partial charge in [-0.05, 0) is 25.5 Å². The molecule has 1 atom stereocenters. The van der Waals surface area contributed by atoms with Crippen LogP contribution in [0.25, 0.3) is 0 Å². The number of nitro groups is 1. The number of nitrogens with two attached hydrogens (primary N) is 1. The van der Waals surface area contributed by atoms with E-state index in [0.29, 0.717) is 0 Å². The van der Waals surface area contributed by atoms with Crippen LogP contribution in [0.15, 0.2) is 18.2 Å². The summed E-state index contributed by atoms with van der Waals surface area (Å²) >= 11 is 0. The molecular formula is C13H20N4O3. The van der Waals surface area contributed by atoms with Crippen molar-refractivity contribution in [1.29, 1.82) is 0 Å². The number of carbonyl (C=O) groups excluding carboxylic acids is 1. The first-order valence-electron chi connectivity index (χ1n) is 6.55. The number of hydrogen-bond donors (Lipinski definition) is 3. The van der Waals surface area contributed by atoms with Crippen molar-refractivity contribution in [3.05, 3.63) is 33.9 Å². The molecule has 1 aromatic carbocycles. The first-order chi connectivity index (χ1) is 9.49. The fraction of sp³-hybridized carbons (Fsp3) is 0.462. The summed E-state index contributed by atoms with van der Waals surface area (Å²) in [6, 6.07) is 4.18. The molecule has 1 unspecified atom stereocenters. The summed E-state index contributed by atoms with van der Waals surface area (Å²) in [5, 5.41) is 13.7. The molecule has 1 amide bonds. The quantitative estimate of drug-likeness (QED) is 0.403. The van der Waals surface area contributed by atoms with Crippen LogP contribution in [0.4, 0.5) is 11.4 Å². The second-order valence-corrected chi connectivity index (χ2v) is 4.65. The smallest absolute Gasteiger partial charge is 0.294 e. The van der Waals surface area contributed by atoms with Crippen LogP contribution in [-0.4, -0.2) is 16.9 Å². The van der Waals surface area contributed by atoms with Gasteiger partial charge in [-0.25, -0.2) is 0 Å². The van der Waals surface area contributed by atoms with Gasteiger partial charge in [0.2, 0.25) is 0 Å². The van der Waals surface area contributed by atoms with Gasteiger partial charge in [0.25, 0.3) is 11.6 Å². The lowest BCUT2D eigenvalue weighted by Crippen LogP contribution is -2.32. The minimum Gasteiger partial charge on any atom is -0.350 e. The Kier molecular flexibility index (Phi) is 5.92. The lowest BCUT2D eigenvalue weighted by Gasteiger charge is -2.13. The topological polar surface area (TPSA) is 110 Å². The Bertz CT molecular complexity index is 491. The van der Waals surface area contributed by atoms with Crippen molar-refractivity contribution in [2.75, 3.05) is 5.43 Å². The molecule has 0 fully saturated rings. The minimum absolute atomic E-state index is 0.0359. The second-order valence-electron chi connectivity index (χ2n) is 4.65. The highest BCUT2D eigenvalue weighted by Gasteiger charge is 2.17. The number of hydrazine groups is 1. The third-order valence-electron chi connectivity index (χ3n) is 2.98. The van der Waals surface area contributed by atoms with Crippen molar-refractivity contribution in [1.82, 2.24) is 5.32 Å². The Morgan fingerprint density at radius 3 is 2.75 bits per heavy atom. The van der Waals surface area contributed by atoms with E-state index in [1.165, 1.54) is 18.2 Å². The first kappa shape index (κ1) is 15.9. The molecule has 0 bridgehead atoms. The van der Waals surface area contributed by atoms with E-state index in [2.05, 4.69) is 17.7 Å². The largest absolute Gasteiger partial charge is 0.350 e. The Hall–Kier alpha value is -2.15. The number of nitrogens with one attached hydrogen (secondary N) is 2. The molecule has 0 aliphatic heterocycles. The summed E-state index contributed by atoms with van der Waals surface area (Å²) in [5.74, 6) is 4.88. The summed E-state index contributed by atoms with van der Waals surface area (Å²) in [6.07, 6.45) is 2.97. The SMILES string of the molecule is CCCCC(C)NC(=O)c1ccc(NN)c([N+](=O)[O-])c1. The van der Waals surface area contributed by atoms with Crippen LogP contribution in [-0.2, 0) is 0 Å². The van der Waals surface area contributed by atoms with Crippen LogP contribution in [0.1, 0.15) is 43.5 Å². The summed E-state index contributed by atoms with van der Waals surface area (Å²) in [6.45, 7) is 3.99. The van der Waals surface area contributed by atoms with Gasteiger partial charge in [0, 0.05) is 17.7 Å². The number of anilines is 1. The summed E-state index contributed by atoms with van der Waals surface area (Å²) in [5.41, 5.74) is 2.44. The number of rotatable bonds is 7. The molecule has 20 heavy (non-hydrogen) atoms. The number of hydrogen-bond acceptors (Lipinski definition) is 5. The van der Waals surface area contributed by atoms with Crippen LogP contribution in [0, 0.1) is 10.1 Å². The van der Waals surface area contributed by atoms with Crippen molar-refractivity contribution < 1.29 is 9.72 Å². The van der Waals surface area contributed by atoms with Crippen molar-refractivity contribution in [3.8, 4) is 0 Å². The number of nitrogens with zero attached hydrogens (tertiary/aromatic N) is 1. The summed E-state index contributed by atoms with van der Waals surface area (Å²) in [4.78, 5) is 22.3. The number of amides is 1. The molecule has 0 spiro atoms. The molecular weight excluding hydrogens is 260 g/mol. The van der Waals surface area contributed by atoms with Crippen LogP contribution < -0.4 is 16.6 Å². The average molecular weight is 280 g/mol. The monoisotopic (exact) mass is 280 g/mol. The molecule has 1 aromatic rings. The molecule has 0 aliphatic rings. The molecule has 1 rings (SSSR count). The van der Waals surface area contributed by atoms with E-state index in [0.717, 1.165) is 19.3 Å². The van der Waals surface area contributed by atoms with Gasteiger partial charge in [-0.2, -0.15) is 0 Å². The van der Waals surface area contributed by atoms with Crippen molar-refractivity contribution >= 4 is 17.3 Å². The van der Waals surface area contributed by atoms with Crippen LogP contribution >= 0.6 is 0 Å². The predicted octanol–water partition coefficient (Wildman–Crippen LogP) is 2.19. The van der Waals surface area contributed by atoms with Gasteiger partial charge in [0.15, 0.2) is 0 Å². The molecule has 110 valence electrons. The van der Waals surface area contributed by atoms with Gasteiger partial charge in [-0.15, -0.1) is 0 Å². The minimum atomic E-state index is -0.577. The Balaban J connectivity index is 2.83. The second kappa shape index (κ2) is 7.44. The highest BCUT2D eigenvalue weighted by Crippen LogP contribution is 2.24. The van der Waals surface area contributed by atoms with E-state index in [1.807, 2.05) is 6.92 Å². The normalized spacial score (nSPS) is 11.8. The average Bonchev–Trinajstić information content (AvgIpc) is 2.44. The van der Waals surface area contributed by atoms with Crippen LogP contribution in [0.5, 0.6) is 0 Å². The highest BCUT2D eigenvalue weighted by molar-refractivity contribution is 5.95. The van der Waals surface area contributed by atoms with E-state index >= 15 is 0 Å². The highest BCUT2D eigenvalue weighted by atomic mass is 16.6. The van der Waals surface area contributed by atoms with Gasteiger partial charge >= 0.3 is 0 Å². The van der Waals surface area contributed by atoms with E-state index in [-0.39, 0.29) is 28.9 Å². The number of unbranched alkanes of at least 4 members (excludes halogenated alkanes) is 1. The Labute approximate surface area is 117 Å². The van der Waals surface area contributed by atoms with E-state index in [4.69, 9.17) is 5.84 Å². The Morgan fingerprint density at radius 2 is 2.20 bits per heavy atom. The van der Waals surface area contributed by atoms with Crippen LogP contribution in [0.2, 0.25) is 0 Å². The number of benzene rings is 1.